The van der Waals surface area contributed by atoms with E-state index in [1.165, 1.54) is 19.3 Å². The Kier molecular flexibility index (Phi) is 3.51. The van der Waals surface area contributed by atoms with Crippen LogP contribution in [0.2, 0.25) is 5.02 Å². The minimum absolute atomic E-state index is 0.0715. The molecule has 1 aromatic carbocycles. The van der Waals surface area contributed by atoms with E-state index in [4.69, 9.17) is 11.6 Å². The molecule has 0 aromatic heterocycles. The summed E-state index contributed by atoms with van der Waals surface area (Å²) in [4.78, 5) is 14.0. The van der Waals surface area contributed by atoms with Crippen LogP contribution in [0.1, 0.15) is 37.7 Å². The molecule has 1 heterocycles. The van der Waals surface area contributed by atoms with Gasteiger partial charge in [-0.25, -0.2) is 0 Å². The zero-order valence-electron chi connectivity index (χ0n) is 11.7. The molecule has 0 spiro atoms. The van der Waals surface area contributed by atoms with E-state index in [9.17, 15) is 9.90 Å². The van der Waals surface area contributed by atoms with Gasteiger partial charge >= 0.3 is 5.97 Å². The summed E-state index contributed by atoms with van der Waals surface area (Å²) in [5.41, 5.74) is 1.31. The molecule has 1 saturated heterocycles. The highest BCUT2D eigenvalue weighted by Crippen LogP contribution is 2.44. The lowest BCUT2D eigenvalue weighted by Crippen LogP contribution is -2.50. The summed E-state index contributed by atoms with van der Waals surface area (Å²) in [5, 5.41) is 10.2. The van der Waals surface area contributed by atoms with Crippen LogP contribution in [0.25, 0.3) is 0 Å². The Morgan fingerprint density at radius 1 is 1.30 bits per heavy atom. The number of halogens is 1. The minimum Gasteiger partial charge on any atom is -0.481 e. The van der Waals surface area contributed by atoms with E-state index in [0.717, 1.165) is 12.1 Å². The highest BCUT2D eigenvalue weighted by atomic mass is 35.5. The largest absolute Gasteiger partial charge is 0.481 e. The summed E-state index contributed by atoms with van der Waals surface area (Å²) < 4.78 is 0. The number of aliphatic carboxylic acids is 1. The average molecular weight is 294 g/mol. The lowest BCUT2D eigenvalue weighted by molar-refractivity contribution is -0.141. The average Bonchev–Trinajstić information content (AvgIpc) is 2.82. The number of hydrogen-bond acceptors (Lipinski definition) is 2. The van der Waals surface area contributed by atoms with Crippen LogP contribution in [0.5, 0.6) is 0 Å². The summed E-state index contributed by atoms with van der Waals surface area (Å²) in [6, 6.07) is 7.64. The van der Waals surface area contributed by atoms with E-state index < -0.39 is 5.97 Å². The van der Waals surface area contributed by atoms with Crippen LogP contribution in [0.4, 0.5) is 0 Å². The summed E-state index contributed by atoms with van der Waals surface area (Å²) in [6.07, 6.45) is 3.63. The van der Waals surface area contributed by atoms with Crippen molar-refractivity contribution in [1.82, 2.24) is 4.90 Å². The second kappa shape index (κ2) is 5.05. The number of carbonyl (C=O) groups is 1. The summed E-state index contributed by atoms with van der Waals surface area (Å²) in [7, 11) is 0. The lowest BCUT2D eigenvalue weighted by atomic mass is 9.77. The van der Waals surface area contributed by atoms with Crippen molar-refractivity contribution in [2.45, 2.75) is 37.6 Å². The van der Waals surface area contributed by atoms with Crippen LogP contribution in [0, 0.1) is 5.92 Å². The third-order valence-corrected chi connectivity index (χ3v) is 5.38. The van der Waals surface area contributed by atoms with Crippen molar-refractivity contribution in [1.29, 1.82) is 0 Å². The maximum Gasteiger partial charge on any atom is 0.308 e. The van der Waals surface area contributed by atoms with E-state index in [-0.39, 0.29) is 17.4 Å². The minimum atomic E-state index is -0.685. The van der Waals surface area contributed by atoms with E-state index >= 15 is 0 Å². The first kappa shape index (κ1) is 13.9. The molecular formula is C16H20ClNO2. The molecule has 2 aliphatic rings. The third kappa shape index (κ3) is 2.33. The number of hydrogen-bond donors (Lipinski definition) is 1. The predicted octanol–water partition coefficient (Wildman–Crippen LogP) is 3.38. The Morgan fingerprint density at radius 3 is 2.45 bits per heavy atom. The smallest absolute Gasteiger partial charge is 0.308 e. The van der Waals surface area contributed by atoms with Crippen LogP contribution in [-0.4, -0.2) is 34.6 Å². The maximum atomic E-state index is 11.6. The third-order valence-electron chi connectivity index (χ3n) is 5.13. The van der Waals surface area contributed by atoms with Crippen molar-refractivity contribution in [2.24, 2.45) is 5.92 Å². The standard InChI is InChI=1S/C16H20ClNO2/c1-16(7-2-8-16)18-9-13(14(10-18)15(19)20)11-3-5-12(17)6-4-11/h3-6,13-14H,2,7-10H2,1H3,(H,19,20). The SMILES string of the molecule is CC1(N2CC(C(=O)O)C(c3ccc(Cl)cc3)C2)CCC1. The van der Waals surface area contributed by atoms with Gasteiger partial charge in [-0.3, -0.25) is 9.69 Å². The van der Waals surface area contributed by atoms with Crippen molar-refractivity contribution >= 4 is 17.6 Å². The fourth-order valence-corrected chi connectivity index (χ4v) is 3.67. The highest BCUT2D eigenvalue weighted by Gasteiger charge is 2.47. The lowest BCUT2D eigenvalue weighted by Gasteiger charge is -2.46. The Labute approximate surface area is 124 Å². The second-order valence-corrected chi connectivity index (χ2v) is 6.79. The topological polar surface area (TPSA) is 40.5 Å². The monoisotopic (exact) mass is 293 g/mol. The van der Waals surface area contributed by atoms with Gasteiger partial charge in [-0.1, -0.05) is 23.7 Å². The molecule has 0 bridgehead atoms. The fourth-order valence-electron chi connectivity index (χ4n) is 3.55. The van der Waals surface area contributed by atoms with E-state index in [0.29, 0.717) is 11.6 Å². The van der Waals surface area contributed by atoms with Crippen molar-refractivity contribution in [2.75, 3.05) is 13.1 Å². The quantitative estimate of drug-likeness (QED) is 0.929. The van der Waals surface area contributed by atoms with Gasteiger partial charge in [-0.2, -0.15) is 0 Å². The first-order valence-electron chi connectivity index (χ1n) is 7.23. The zero-order valence-corrected chi connectivity index (χ0v) is 12.4. The Balaban J connectivity index is 1.84. The molecule has 1 aliphatic carbocycles. The van der Waals surface area contributed by atoms with Crippen molar-refractivity contribution in [3.8, 4) is 0 Å². The Morgan fingerprint density at radius 2 is 1.95 bits per heavy atom. The molecule has 2 fully saturated rings. The van der Waals surface area contributed by atoms with Crippen LogP contribution in [-0.2, 0) is 4.79 Å². The number of likely N-dealkylation sites (tertiary alicyclic amines) is 1. The highest BCUT2D eigenvalue weighted by molar-refractivity contribution is 6.30. The van der Waals surface area contributed by atoms with Gasteiger partial charge in [0.05, 0.1) is 5.92 Å². The molecule has 0 radical (unpaired) electrons. The van der Waals surface area contributed by atoms with Crippen LogP contribution in [0.15, 0.2) is 24.3 Å². The van der Waals surface area contributed by atoms with Gasteiger partial charge in [0, 0.05) is 29.6 Å². The molecule has 4 heteroatoms. The number of carboxylic acid groups (broad SMARTS) is 1. The fraction of sp³-hybridized carbons (Fsp3) is 0.562. The Hall–Kier alpha value is -1.06. The van der Waals surface area contributed by atoms with Crippen molar-refractivity contribution < 1.29 is 9.90 Å². The summed E-state index contributed by atoms with van der Waals surface area (Å²) in [5.74, 6) is -0.925. The molecule has 2 unspecified atom stereocenters. The second-order valence-electron chi connectivity index (χ2n) is 6.36. The van der Waals surface area contributed by atoms with Gasteiger partial charge in [0.1, 0.15) is 0 Å². The number of carboxylic acids is 1. The molecule has 1 N–H and O–H groups in total. The van der Waals surface area contributed by atoms with Gasteiger partial charge in [0.25, 0.3) is 0 Å². The molecule has 3 rings (SSSR count). The predicted molar refractivity (Wildman–Crippen MR) is 79.1 cm³/mol. The molecule has 1 aromatic rings. The molecule has 20 heavy (non-hydrogen) atoms. The van der Waals surface area contributed by atoms with Crippen LogP contribution in [0.3, 0.4) is 0 Å². The molecule has 108 valence electrons. The number of benzene rings is 1. The molecule has 0 amide bonds. The first-order valence-corrected chi connectivity index (χ1v) is 7.61. The van der Waals surface area contributed by atoms with Gasteiger partial charge in [-0.05, 0) is 43.9 Å². The van der Waals surface area contributed by atoms with Gasteiger partial charge < -0.3 is 5.11 Å². The van der Waals surface area contributed by atoms with Crippen LogP contribution >= 0.6 is 11.6 Å². The maximum absolute atomic E-state index is 11.6. The normalized spacial score (nSPS) is 29.1. The molecule has 2 atom stereocenters. The van der Waals surface area contributed by atoms with Crippen molar-refractivity contribution in [3.63, 3.8) is 0 Å². The molecule has 3 nitrogen and oxygen atoms in total. The van der Waals surface area contributed by atoms with Crippen molar-refractivity contribution in [3.05, 3.63) is 34.9 Å². The molecule has 1 saturated carbocycles. The van der Waals surface area contributed by atoms with Gasteiger partial charge in [0.15, 0.2) is 0 Å². The van der Waals surface area contributed by atoms with E-state index in [1.54, 1.807) is 0 Å². The zero-order chi connectivity index (χ0) is 14.3. The van der Waals surface area contributed by atoms with Gasteiger partial charge in [0.2, 0.25) is 0 Å². The van der Waals surface area contributed by atoms with Gasteiger partial charge in [-0.15, -0.1) is 0 Å². The summed E-state index contributed by atoms with van der Waals surface area (Å²) >= 11 is 5.92. The molecule has 1 aliphatic heterocycles. The van der Waals surface area contributed by atoms with Crippen LogP contribution < -0.4 is 0 Å². The first-order chi connectivity index (χ1) is 9.49. The molecular weight excluding hydrogens is 274 g/mol. The number of rotatable bonds is 3. The van der Waals surface area contributed by atoms with E-state index in [1.807, 2.05) is 24.3 Å². The summed E-state index contributed by atoms with van der Waals surface area (Å²) in [6.45, 7) is 3.77. The van der Waals surface area contributed by atoms with E-state index in [2.05, 4.69) is 11.8 Å². The Bertz CT molecular complexity index is 510. The number of nitrogens with zero attached hydrogens (tertiary/aromatic N) is 1.